The van der Waals surface area contributed by atoms with Crippen LogP contribution in [0, 0.1) is 5.92 Å². The minimum atomic E-state index is -4.74. The number of halogens is 3. The maximum Gasteiger partial charge on any atom is 0.421 e. The van der Waals surface area contributed by atoms with Gasteiger partial charge in [-0.3, -0.25) is 9.59 Å². The third-order valence-electron chi connectivity index (χ3n) is 7.71. The van der Waals surface area contributed by atoms with E-state index in [1.807, 2.05) is 0 Å². The highest BCUT2D eigenvalue weighted by atomic mass is 32.2. The number of carbonyl (C=O) groups excluding carboxylic acids is 2. The average Bonchev–Trinajstić information content (AvgIpc) is 3.57. The van der Waals surface area contributed by atoms with Gasteiger partial charge in [-0.1, -0.05) is 25.0 Å². The molecule has 2 aromatic carbocycles. The first-order valence-corrected chi connectivity index (χ1v) is 17.8. The highest BCUT2D eigenvalue weighted by molar-refractivity contribution is 7.90. The molecule has 49 heavy (non-hydrogen) atoms. The van der Waals surface area contributed by atoms with Crippen molar-refractivity contribution in [2.75, 3.05) is 56.4 Å². The van der Waals surface area contributed by atoms with Crippen molar-refractivity contribution >= 4 is 39.1 Å². The Morgan fingerprint density at radius 1 is 0.939 bits per heavy atom. The summed E-state index contributed by atoms with van der Waals surface area (Å²) in [7, 11) is -3.49. The van der Waals surface area contributed by atoms with Crippen molar-refractivity contribution in [3.05, 3.63) is 71.4 Å². The van der Waals surface area contributed by atoms with Gasteiger partial charge in [0, 0.05) is 49.8 Å². The van der Waals surface area contributed by atoms with Crippen molar-refractivity contribution < 1.29 is 40.7 Å². The lowest BCUT2D eigenvalue weighted by molar-refractivity contribution is -0.137. The zero-order chi connectivity index (χ0) is 35.3. The molecule has 0 spiro atoms. The predicted octanol–water partition coefficient (Wildman–Crippen LogP) is 4.71. The first-order chi connectivity index (χ1) is 23.4. The normalized spacial score (nSPS) is 13.6. The molecule has 1 saturated carbocycles. The van der Waals surface area contributed by atoms with E-state index < -0.39 is 27.4 Å². The van der Waals surface area contributed by atoms with E-state index in [9.17, 15) is 31.2 Å². The Balaban J connectivity index is 1.17. The number of sulfone groups is 1. The zero-order valence-corrected chi connectivity index (χ0v) is 28.0. The predicted molar refractivity (Wildman–Crippen MR) is 177 cm³/mol. The summed E-state index contributed by atoms with van der Waals surface area (Å²) in [4.78, 5) is 32.2. The molecule has 1 aliphatic carbocycles. The maximum absolute atomic E-state index is 13.7. The first kappa shape index (κ1) is 37.5. The SMILES string of the molecule is CS(=O)(=O)c1cccc(CNc2nc(Nc3ccc(C(=O)NCCOCCOCCNC(=O)CC4CCCC4)cc3)ncc2C(F)(F)F)c1. The second kappa shape index (κ2) is 17.9. The molecule has 1 fully saturated rings. The van der Waals surface area contributed by atoms with Gasteiger partial charge < -0.3 is 30.7 Å². The number of anilines is 3. The summed E-state index contributed by atoms with van der Waals surface area (Å²) in [5.74, 6) is -0.369. The minimum absolute atomic E-state index is 0.0449. The summed E-state index contributed by atoms with van der Waals surface area (Å²) in [6.07, 6.45) is 2.23. The first-order valence-electron chi connectivity index (χ1n) is 15.9. The van der Waals surface area contributed by atoms with Crippen molar-refractivity contribution in [2.45, 2.75) is 49.7 Å². The van der Waals surface area contributed by atoms with Crippen LogP contribution in [0.15, 0.2) is 59.6 Å². The Bertz CT molecular complexity index is 1650. The highest BCUT2D eigenvalue weighted by Crippen LogP contribution is 2.34. The minimum Gasteiger partial charge on any atom is -0.377 e. The molecule has 16 heteroatoms. The largest absolute Gasteiger partial charge is 0.421 e. The molecule has 4 rings (SSSR count). The van der Waals surface area contributed by atoms with E-state index in [0.717, 1.165) is 19.1 Å². The van der Waals surface area contributed by atoms with E-state index in [-0.39, 0.29) is 42.4 Å². The van der Waals surface area contributed by atoms with E-state index in [1.54, 1.807) is 18.2 Å². The Morgan fingerprint density at radius 3 is 2.27 bits per heavy atom. The smallest absolute Gasteiger partial charge is 0.377 e. The molecular weight excluding hydrogens is 665 g/mol. The van der Waals surface area contributed by atoms with Gasteiger partial charge in [0.15, 0.2) is 9.84 Å². The summed E-state index contributed by atoms with van der Waals surface area (Å²) in [5.41, 5.74) is 0.146. The van der Waals surface area contributed by atoms with Crippen LogP contribution in [0.1, 0.15) is 53.6 Å². The topological polar surface area (TPSA) is 161 Å². The van der Waals surface area contributed by atoms with Crippen LogP contribution in [-0.4, -0.2) is 76.0 Å². The number of nitrogens with one attached hydrogen (secondary N) is 4. The van der Waals surface area contributed by atoms with Crippen LogP contribution in [0.3, 0.4) is 0 Å². The molecule has 0 aliphatic heterocycles. The van der Waals surface area contributed by atoms with Gasteiger partial charge in [0.05, 0.1) is 31.3 Å². The number of rotatable bonds is 18. The van der Waals surface area contributed by atoms with Gasteiger partial charge in [-0.15, -0.1) is 0 Å². The van der Waals surface area contributed by atoms with Crippen molar-refractivity contribution in [3.63, 3.8) is 0 Å². The quantitative estimate of drug-likeness (QED) is 0.136. The third kappa shape index (κ3) is 12.6. The number of hydrogen-bond donors (Lipinski definition) is 4. The second-order valence-corrected chi connectivity index (χ2v) is 13.6. The Morgan fingerprint density at radius 2 is 1.61 bits per heavy atom. The summed E-state index contributed by atoms with van der Waals surface area (Å²) in [6, 6.07) is 12.1. The monoisotopic (exact) mass is 706 g/mol. The zero-order valence-electron chi connectivity index (χ0n) is 27.1. The van der Waals surface area contributed by atoms with Gasteiger partial charge in [0.1, 0.15) is 11.4 Å². The number of amides is 2. The number of alkyl halides is 3. The molecule has 0 unspecified atom stereocenters. The van der Waals surface area contributed by atoms with E-state index >= 15 is 0 Å². The molecule has 3 aromatic rings. The molecule has 12 nitrogen and oxygen atoms in total. The number of ether oxygens (including phenoxy) is 2. The molecule has 0 saturated heterocycles. The molecule has 266 valence electrons. The molecule has 1 aliphatic rings. The molecule has 1 aromatic heterocycles. The van der Waals surface area contributed by atoms with Crippen molar-refractivity contribution in [1.82, 2.24) is 20.6 Å². The summed E-state index contributed by atoms with van der Waals surface area (Å²) in [6.45, 7) is 1.98. The summed E-state index contributed by atoms with van der Waals surface area (Å²) < 4.78 is 75.6. The van der Waals surface area contributed by atoms with Gasteiger partial charge in [0.2, 0.25) is 11.9 Å². The molecule has 0 radical (unpaired) electrons. The maximum atomic E-state index is 13.7. The number of carbonyl (C=O) groups is 2. The molecule has 1 heterocycles. The van der Waals surface area contributed by atoms with Gasteiger partial charge in [-0.25, -0.2) is 13.4 Å². The van der Waals surface area contributed by atoms with Crippen LogP contribution in [0.2, 0.25) is 0 Å². The second-order valence-electron chi connectivity index (χ2n) is 11.6. The Hall–Kier alpha value is -4.28. The van der Waals surface area contributed by atoms with Crippen molar-refractivity contribution in [3.8, 4) is 0 Å². The van der Waals surface area contributed by atoms with Crippen LogP contribution in [-0.2, 0) is 36.8 Å². The van der Waals surface area contributed by atoms with Crippen LogP contribution in [0.25, 0.3) is 0 Å². The number of aromatic nitrogens is 2. The summed E-state index contributed by atoms with van der Waals surface area (Å²) in [5, 5.41) is 11.1. The van der Waals surface area contributed by atoms with E-state index in [1.165, 1.54) is 43.2 Å². The van der Waals surface area contributed by atoms with Crippen LogP contribution < -0.4 is 21.3 Å². The van der Waals surface area contributed by atoms with Crippen LogP contribution in [0.5, 0.6) is 0 Å². The fraction of sp³-hybridized carbons (Fsp3) is 0.455. The lowest BCUT2D eigenvalue weighted by Crippen LogP contribution is -2.29. The fourth-order valence-electron chi connectivity index (χ4n) is 5.16. The van der Waals surface area contributed by atoms with Gasteiger partial charge in [-0.2, -0.15) is 18.2 Å². The average molecular weight is 707 g/mol. The standard InChI is InChI=1S/C33H41F3N6O6S/c1-49(45,46)27-8-4-7-24(19-27)21-39-30-28(33(34,35)36)22-40-32(42-30)41-26-11-9-25(10-12-26)31(44)38-14-16-48-18-17-47-15-13-37-29(43)20-23-5-2-3-6-23/h4,7-12,19,22-23H,2-3,5-6,13-18,20-21H2,1H3,(H,37,43)(H,38,44)(H2,39,40,41,42). The van der Waals surface area contributed by atoms with E-state index in [4.69, 9.17) is 9.47 Å². The van der Waals surface area contributed by atoms with Crippen LogP contribution >= 0.6 is 0 Å². The van der Waals surface area contributed by atoms with Gasteiger partial charge in [-0.05, 0) is 60.7 Å². The Labute approximate surface area is 283 Å². The van der Waals surface area contributed by atoms with Crippen LogP contribution in [0.4, 0.5) is 30.6 Å². The fourth-order valence-corrected chi connectivity index (χ4v) is 5.85. The Kier molecular flexibility index (Phi) is 13.7. The number of nitrogens with zero attached hydrogens (tertiary/aromatic N) is 2. The molecule has 2 amide bonds. The molecule has 0 atom stereocenters. The van der Waals surface area contributed by atoms with E-state index in [2.05, 4.69) is 31.2 Å². The van der Waals surface area contributed by atoms with Gasteiger partial charge >= 0.3 is 6.18 Å². The van der Waals surface area contributed by atoms with Gasteiger partial charge in [0.25, 0.3) is 5.91 Å². The number of hydrogen-bond acceptors (Lipinski definition) is 10. The molecule has 0 bridgehead atoms. The van der Waals surface area contributed by atoms with E-state index in [0.29, 0.717) is 61.7 Å². The highest BCUT2D eigenvalue weighted by Gasteiger charge is 2.35. The summed E-state index contributed by atoms with van der Waals surface area (Å²) >= 11 is 0. The number of benzene rings is 2. The third-order valence-corrected chi connectivity index (χ3v) is 8.82. The van der Waals surface area contributed by atoms with Crippen molar-refractivity contribution in [1.29, 1.82) is 0 Å². The lowest BCUT2D eigenvalue weighted by Gasteiger charge is -2.15. The molecular formula is C33H41F3N6O6S. The molecule has 4 N–H and O–H groups in total. The lowest BCUT2D eigenvalue weighted by atomic mass is 10.0. The van der Waals surface area contributed by atoms with Crippen molar-refractivity contribution in [2.24, 2.45) is 5.92 Å².